The van der Waals surface area contributed by atoms with E-state index in [1.807, 2.05) is 0 Å². The van der Waals surface area contributed by atoms with Gasteiger partial charge in [-0.25, -0.2) is 0 Å². The zero-order valence-electron chi connectivity index (χ0n) is 19.2. The first-order chi connectivity index (χ1) is 15.7. The Kier molecular flexibility index (Phi) is 5.33. The van der Waals surface area contributed by atoms with Crippen molar-refractivity contribution in [1.29, 1.82) is 0 Å². The largest absolute Gasteiger partial charge is 0.325 e. The smallest absolute Gasteiger partial charge is 0.235 e. The van der Waals surface area contributed by atoms with Crippen molar-refractivity contribution in [1.82, 2.24) is 4.90 Å². The first kappa shape index (κ1) is 20.5. The highest BCUT2D eigenvalue weighted by molar-refractivity contribution is 6.07. The van der Waals surface area contributed by atoms with E-state index >= 15 is 0 Å². The normalized spacial score (nSPS) is 27.2. The summed E-state index contributed by atoms with van der Waals surface area (Å²) in [6.07, 6.45) is 12.0. The van der Waals surface area contributed by atoms with Gasteiger partial charge in [0.05, 0.1) is 5.41 Å². The maximum absolute atomic E-state index is 13.0. The van der Waals surface area contributed by atoms with Crippen LogP contribution in [0.5, 0.6) is 0 Å². The van der Waals surface area contributed by atoms with Crippen LogP contribution in [0.1, 0.15) is 79.5 Å². The second-order valence-corrected chi connectivity index (χ2v) is 10.7. The molecule has 2 heterocycles. The molecule has 2 aromatic carbocycles. The fourth-order valence-corrected chi connectivity index (χ4v) is 7.44. The number of fused-ring (bicyclic) bond motifs is 1. The maximum Gasteiger partial charge on any atom is 0.235 e. The summed E-state index contributed by atoms with van der Waals surface area (Å²) in [5, 5.41) is 3.20. The van der Waals surface area contributed by atoms with E-state index in [2.05, 4.69) is 52.7 Å². The van der Waals surface area contributed by atoms with Gasteiger partial charge in [0.25, 0.3) is 0 Å². The molecule has 2 aromatic rings. The Hall–Kier alpha value is -2.13. The van der Waals surface area contributed by atoms with Crippen LogP contribution in [0.4, 0.5) is 5.69 Å². The third kappa shape index (κ3) is 3.41. The molecule has 4 aliphatic rings. The molecule has 1 fully saturated rings. The lowest BCUT2D eigenvalue weighted by Crippen LogP contribution is -2.38. The molecule has 1 saturated heterocycles. The van der Waals surface area contributed by atoms with Crippen molar-refractivity contribution in [2.75, 3.05) is 25.0 Å². The quantitative estimate of drug-likeness (QED) is 0.588. The molecule has 1 N–H and O–H groups in total. The summed E-state index contributed by atoms with van der Waals surface area (Å²) in [5.41, 5.74) is 6.83. The average molecular weight is 429 g/mol. The standard InChI is InChI=1S/C29H36N2O/c32-28-29(17-6-9-23-8-5-11-26(30-28)27(23)29)16-3-4-18-31-19-14-22(15-20-31)25-13-12-21-7-1-2-10-24(21)25/h1-2,5,7-8,10-11,22,25H,3-4,6,9,12-20H2,(H,30,32). The Morgan fingerprint density at radius 2 is 1.78 bits per heavy atom. The minimum atomic E-state index is -0.243. The van der Waals surface area contributed by atoms with E-state index in [1.54, 1.807) is 11.1 Å². The van der Waals surface area contributed by atoms with E-state index in [-0.39, 0.29) is 11.3 Å². The molecular formula is C29H36N2O. The summed E-state index contributed by atoms with van der Waals surface area (Å²) >= 11 is 0. The molecule has 3 nitrogen and oxygen atoms in total. The number of likely N-dealkylation sites (tertiary alicyclic amines) is 1. The number of nitrogens with zero attached hydrogens (tertiary/aromatic N) is 1. The lowest BCUT2D eigenvalue weighted by molar-refractivity contribution is -0.121. The van der Waals surface area contributed by atoms with Gasteiger partial charge in [-0.05, 0) is 118 Å². The van der Waals surface area contributed by atoms with E-state index in [0.717, 1.165) is 49.6 Å². The average Bonchev–Trinajstić information content (AvgIpc) is 3.38. The third-order valence-electron chi connectivity index (χ3n) is 9.07. The zero-order valence-corrected chi connectivity index (χ0v) is 19.2. The monoisotopic (exact) mass is 428 g/mol. The van der Waals surface area contributed by atoms with Crippen LogP contribution < -0.4 is 5.32 Å². The number of rotatable bonds is 6. The van der Waals surface area contributed by atoms with E-state index in [0.29, 0.717) is 0 Å². The summed E-state index contributed by atoms with van der Waals surface area (Å²) in [7, 11) is 0. The minimum absolute atomic E-state index is 0.243. The van der Waals surface area contributed by atoms with Crippen LogP contribution in [-0.2, 0) is 23.1 Å². The molecule has 0 aromatic heterocycles. The third-order valence-corrected chi connectivity index (χ3v) is 9.07. The van der Waals surface area contributed by atoms with Gasteiger partial charge >= 0.3 is 0 Å². The maximum atomic E-state index is 13.0. The molecule has 0 bridgehead atoms. The molecule has 2 aliphatic carbocycles. The van der Waals surface area contributed by atoms with Crippen LogP contribution in [0, 0.1) is 5.92 Å². The van der Waals surface area contributed by atoms with Crippen LogP contribution in [0.15, 0.2) is 42.5 Å². The highest BCUT2D eigenvalue weighted by atomic mass is 16.2. The summed E-state index contributed by atoms with van der Waals surface area (Å²) < 4.78 is 0. The number of aryl methyl sites for hydroxylation is 2. The molecule has 1 amide bonds. The van der Waals surface area contributed by atoms with Gasteiger partial charge in [-0.1, -0.05) is 42.8 Å². The zero-order chi connectivity index (χ0) is 21.5. The predicted octanol–water partition coefficient (Wildman–Crippen LogP) is 5.83. The Labute approximate surface area is 192 Å². The van der Waals surface area contributed by atoms with Crippen LogP contribution in [-0.4, -0.2) is 30.4 Å². The lowest BCUT2D eigenvalue weighted by Gasteiger charge is -2.36. The van der Waals surface area contributed by atoms with Gasteiger partial charge in [0.1, 0.15) is 0 Å². The highest BCUT2D eigenvalue weighted by Crippen LogP contribution is 2.49. The predicted molar refractivity (Wildman–Crippen MR) is 130 cm³/mol. The Morgan fingerprint density at radius 3 is 2.69 bits per heavy atom. The Morgan fingerprint density at radius 1 is 0.938 bits per heavy atom. The van der Waals surface area contributed by atoms with Crippen molar-refractivity contribution < 1.29 is 4.79 Å². The molecule has 32 heavy (non-hydrogen) atoms. The number of benzene rings is 2. The second-order valence-electron chi connectivity index (χ2n) is 10.7. The number of unbranched alkanes of at least 4 members (excludes halogenated alkanes) is 1. The fourth-order valence-electron chi connectivity index (χ4n) is 7.44. The van der Waals surface area contributed by atoms with Gasteiger partial charge in [-0.15, -0.1) is 0 Å². The summed E-state index contributed by atoms with van der Waals surface area (Å²) in [5.74, 6) is 1.93. The van der Waals surface area contributed by atoms with E-state index < -0.39 is 0 Å². The number of carbonyl (C=O) groups excluding carboxylic acids is 1. The summed E-state index contributed by atoms with van der Waals surface area (Å²) in [6.45, 7) is 3.70. The number of amides is 1. The summed E-state index contributed by atoms with van der Waals surface area (Å²) in [4.78, 5) is 15.7. The van der Waals surface area contributed by atoms with Crippen molar-refractivity contribution in [2.45, 2.75) is 75.5 Å². The molecule has 3 heteroatoms. The number of hydrogen-bond donors (Lipinski definition) is 1. The van der Waals surface area contributed by atoms with Gasteiger partial charge < -0.3 is 10.2 Å². The van der Waals surface area contributed by atoms with E-state index in [4.69, 9.17) is 0 Å². The Bertz CT molecular complexity index is 1010. The van der Waals surface area contributed by atoms with Gasteiger partial charge in [-0.2, -0.15) is 0 Å². The minimum Gasteiger partial charge on any atom is -0.325 e. The Balaban J connectivity index is 1.01. The first-order valence-electron chi connectivity index (χ1n) is 13.0. The van der Waals surface area contributed by atoms with Crippen LogP contribution in [0.3, 0.4) is 0 Å². The van der Waals surface area contributed by atoms with Gasteiger partial charge in [0.2, 0.25) is 5.91 Å². The highest BCUT2D eigenvalue weighted by Gasteiger charge is 2.48. The van der Waals surface area contributed by atoms with E-state index in [1.165, 1.54) is 62.9 Å². The number of nitrogens with one attached hydrogen (secondary N) is 1. The number of piperidine rings is 1. The van der Waals surface area contributed by atoms with E-state index in [9.17, 15) is 4.79 Å². The van der Waals surface area contributed by atoms with Crippen molar-refractivity contribution in [3.8, 4) is 0 Å². The molecule has 6 rings (SSSR count). The topological polar surface area (TPSA) is 32.3 Å². The molecule has 2 unspecified atom stereocenters. The van der Waals surface area contributed by atoms with Crippen molar-refractivity contribution in [3.05, 3.63) is 64.7 Å². The number of hydrogen-bond acceptors (Lipinski definition) is 2. The van der Waals surface area contributed by atoms with Gasteiger partial charge in [0, 0.05) is 5.69 Å². The van der Waals surface area contributed by atoms with Crippen molar-refractivity contribution >= 4 is 11.6 Å². The summed E-state index contributed by atoms with van der Waals surface area (Å²) in [6, 6.07) is 15.6. The molecule has 0 radical (unpaired) electrons. The first-order valence-corrected chi connectivity index (χ1v) is 13.0. The molecule has 0 saturated carbocycles. The SMILES string of the molecule is O=C1Nc2cccc3c2C1(CCCCN1CCC(C2CCc4ccccc42)CC1)CCC3. The number of anilines is 1. The van der Waals surface area contributed by atoms with Crippen molar-refractivity contribution in [3.63, 3.8) is 0 Å². The van der Waals surface area contributed by atoms with Crippen LogP contribution >= 0.6 is 0 Å². The number of carbonyl (C=O) groups is 1. The molecule has 0 spiro atoms. The van der Waals surface area contributed by atoms with Gasteiger partial charge in [0.15, 0.2) is 0 Å². The second kappa shape index (κ2) is 8.33. The molecule has 2 atom stereocenters. The van der Waals surface area contributed by atoms with Gasteiger partial charge in [-0.3, -0.25) is 4.79 Å². The molecule has 168 valence electrons. The van der Waals surface area contributed by atoms with Crippen LogP contribution in [0.2, 0.25) is 0 Å². The molecule has 2 aliphatic heterocycles. The van der Waals surface area contributed by atoms with Crippen LogP contribution in [0.25, 0.3) is 0 Å². The molecular weight excluding hydrogens is 392 g/mol. The van der Waals surface area contributed by atoms with Crippen molar-refractivity contribution in [2.24, 2.45) is 5.92 Å². The lowest BCUT2D eigenvalue weighted by atomic mass is 9.68. The fraction of sp³-hybridized carbons (Fsp3) is 0.552.